The van der Waals surface area contributed by atoms with Crippen molar-refractivity contribution in [2.24, 2.45) is 0 Å². The van der Waals surface area contributed by atoms with Gasteiger partial charge in [-0.3, -0.25) is 5.32 Å². The maximum Gasteiger partial charge on any atom is 0.164 e. The summed E-state index contributed by atoms with van der Waals surface area (Å²) in [6.45, 7) is 2.83. The zero-order valence-corrected chi connectivity index (χ0v) is 10.4. The Hall–Kier alpha value is -0.470. The Kier molecular flexibility index (Phi) is 5.05. The molecule has 0 aliphatic carbocycles. The molecule has 76 valence electrons. The largest absolute Gasteiger partial charge is 0.454 e. The Labute approximate surface area is 98.6 Å². The van der Waals surface area contributed by atoms with Crippen molar-refractivity contribution >= 4 is 22.6 Å². The summed E-state index contributed by atoms with van der Waals surface area (Å²) in [5.74, 6) is 3.66. The van der Waals surface area contributed by atoms with E-state index < -0.39 is 0 Å². The van der Waals surface area contributed by atoms with Crippen LogP contribution in [0, 0.1) is 16.1 Å². The molecule has 0 saturated carbocycles. The average molecular weight is 303 g/mol. The average Bonchev–Trinajstić information content (AvgIpc) is 2.59. The molecular formula is C11H14INO. The predicted octanol–water partition coefficient (Wildman–Crippen LogP) is 2.78. The van der Waals surface area contributed by atoms with E-state index in [2.05, 4.69) is 40.8 Å². The van der Waals surface area contributed by atoms with Gasteiger partial charge in [0.25, 0.3) is 0 Å². The fourth-order valence-corrected chi connectivity index (χ4v) is 1.67. The summed E-state index contributed by atoms with van der Waals surface area (Å²) in [7, 11) is 0. The van der Waals surface area contributed by atoms with Gasteiger partial charge in [0.1, 0.15) is 5.76 Å². The first kappa shape index (κ1) is 11.6. The van der Waals surface area contributed by atoms with E-state index in [4.69, 9.17) is 10.8 Å². The summed E-state index contributed by atoms with van der Waals surface area (Å²) >= 11 is 2.15. The Morgan fingerprint density at radius 2 is 2.43 bits per heavy atom. The highest BCUT2D eigenvalue weighted by atomic mass is 127. The van der Waals surface area contributed by atoms with Gasteiger partial charge < -0.3 is 4.42 Å². The molecular weight excluding hydrogens is 289 g/mol. The molecule has 3 heteroatoms. The standard InChI is InChI=1S/C11H14INO/c1-3-5-9(4-2)13-8-10-6-7-11(12)14-10/h2,6-7,9,13H,3,5,8H2,1H3. The lowest BCUT2D eigenvalue weighted by molar-refractivity contribution is 0.447. The van der Waals surface area contributed by atoms with Crippen molar-refractivity contribution in [1.29, 1.82) is 0 Å². The molecule has 0 aromatic carbocycles. The van der Waals surface area contributed by atoms with Gasteiger partial charge in [-0.1, -0.05) is 19.3 Å². The molecule has 1 aromatic rings. The Bertz CT molecular complexity index is 313. The molecule has 2 nitrogen and oxygen atoms in total. The quantitative estimate of drug-likeness (QED) is 0.668. The van der Waals surface area contributed by atoms with Crippen molar-refractivity contribution in [3.8, 4) is 12.3 Å². The summed E-state index contributed by atoms with van der Waals surface area (Å²) < 4.78 is 6.32. The molecule has 0 aliphatic rings. The summed E-state index contributed by atoms with van der Waals surface area (Å²) in [6.07, 6.45) is 7.49. The van der Waals surface area contributed by atoms with E-state index in [9.17, 15) is 0 Å². The topological polar surface area (TPSA) is 25.2 Å². The molecule has 1 unspecified atom stereocenters. The molecule has 1 aromatic heterocycles. The molecule has 1 atom stereocenters. The molecule has 1 N–H and O–H groups in total. The van der Waals surface area contributed by atoms with Gasteiger partial charge in [-0.15, -0.1) is 6.42 Å². The number of terminal acetylenes is 1. The third-order valence-electron chi connectivity index (χ3n) is 1.93. The molecule has 0 spiro atoms. The van der Waals surface area contributed by atoms with Gasteiger partial charge in [0.05, 0.1) is 12.6 Å². The van der Waals surface area contributed by atoms with Crippen molar-refractivity contribution in [2.75, 3.05) is 0 Å². The van der Waals surface area contributed by atoms with Crippen molar-refractivity contribution in [3.05, 3.63) is 21.7 Å². The zero-order valence-electron chi connectivity index (χ0n) is 8.22. The Morgan fingerprint density at radius 3 is 2.93 bits per heavy atom. The fraction of sp³-hybridized carbons (Fsp3) is 0.455. The Morgan fingerprint density at radius 1 is 1.64 bits per heavy atom. The zero-order chi connectivity index (χ0) is 10.4. The molecule has 1 heterocycles. The van der Waals surface area contributed by atoms with E-state index in [0.717, 1.165) is 22.4 Å². The molecule has 0 fully saturated rings. The molecule has 0 saturated heterocycles. The van der Waals surface area contributed by atoms with Crippen LogP contribution in [0.25, 0.3) is 0 Å². The van der Waals surface area contributed by atoms with Crippen LogP contribution in [0.4, 0.5) is 0 Å². The van der Waals surface area contributed by atoms with Crippen LogP contribution in [0.5, 0.6) is 0 Å². The lowest BCUT2D eigenvalue weighted by atomic mass is 10.2. The van der Waals surface area contributed by atoms with Crippen LogP contribution >= 0.6 is 22.6 Å². The smallest absolute Gasteiger partial charge is 0.164 e. The van der Waals surface area contributed by atoms with E-state index >= 15 is 0 Å². The number of hydrogen-bond acceptors (Lipinski definition) is 2. The second-order valence-corrected chi connectivity index (χ2v) is 4.16. The van der Waals surface area contributed by atoms with Gasteiger partial charge in [-0.2, -0.15) is 0 Å². The lowest BCUT2D eigenvalue weighted by Gasteiger charge is -2.09. The first-order valence-corrected chi connectivity index (χ1v) is 5.78. The summed E-state index contributed by atoms with van der Waals surface area (Å²) in [5.41, 5.74) is 0. The van der Waals surface area contributed by atoms with Crippen molar-refractivity contribution in [2.45, 2.75) is 32.4 Å². The first-order valence-electron chi connectivity index (χ1n) is 4.70. The van der Waals surface area contributed by atoms with E-state index in [1.165, 1.54) is 0 Å². The van der Waals surface area contributed by atoms with Gasteiger partial charge in [-0.05, 0) is 41.1 Å². The molecule has 0 bridgehead atoms. The number of halogens is 1. The van der Waals surface area contributed by atoms with Gasteiger partial charge in [-0.25, -0.2) is 0 Å². The van der Waals surface area contributed by atoms with Crippen LogP contribution in [0.2, 0.25) is 0 Å². The summed E-state index contributed by atoms with van der Waals surface area (Å²) in [6, 6.07) is 4.07. The molecule has 1 rings (SSSR count). The molecule has 0 aliphatic heterocycles. The van der Waals surface area contributed by atoms with Gasteiger partial charge in [0, 0.05) is 0 Å². The molecule has 14 heavy (non-hydrogen) atoms. The second-order valence-electron chi connectivity index (χ2n) is 3.09. The van der Waals surface area contributed by atoms with Crippen LogP contribution < -0.4 is 5.32 Å². The van der Waals surface area contributed by atoms with Crippen LogP contribution in [0.3, 0.4) is 0 Å². The monoisotopic (exact) mass is 303 g/mol. The number of rotatable bonds is 5. The van der Waals surface area contributed by atoms with Crippen molar-refractivity contribution < 1.29 is 4.42 Å². The lowest BCUT2D eigenvalue weighted by Crippen LogP contribution is -2.26. The van der Waals surface area contributed by atoms with E-state index in [1.54, 1.807) is 0 Å². The highest BCUT2D eigenvalue weighted by Crippen LogP contribution is 2.10. The highest BCUT2D eigenvalue weighted by Gasteiger charge is 2.04. The SMILES string of the molecule is C#CC(CCC)NCc1ccc(I)o1. The third-order valence-corrected chi connectivity index (χ3v) is 2.51. The van der Waals surface area contributed by atoms with E-state index in [-0.39, 0.29) is 6.04 Å². The normalized spacial score (nSPS) is 12.4. The minimum atomic E-state index is 0.155. The van der Waals surface area contributed by atoms with Crippen molar-refractivity contribution in [1.82, 2.24) is 5.32 Å². The van der Waals surface area contributed by atoms with Gasteiger partial charge in [0.2, 0.25) is 0 Å². The van der Waals surface area contributed by atoms with Crippen LogP contribution in [0.1, 0.15) is 25.5 Å². The van der Waals surface area contributed by atoms with E-state index in [1.807, 2.05) is 12.1 Å². The van der Waals surface area contributed by atoms with Gasteiger partial charge >= 0.3 is 0 Å². The second kappa shape index (κ2) is 6.10. The maximum atomic E-state index is 5.41. The van der Waals surface area contributed by atoms with Crippen LogP contribution in [-0.2, 0) is 6.54 Å². The molecule has 0 amide bonds. The minimum Gasteiger partial charge on any atom is -0.454 e. The van der Waals surface area contributed by atoms with Gasteiger partial charge in [0.15, 0.2) is 3.77 Å². The summed E-state index contributed by atoms with van der Waals surface area (Å²) in [4.78, 5) is 0. The number of hydrogen-bond donors (Lipinski definition) is 1. The Balaban J connectivity index is 2.36. The molecule has 0 radical (unpaired) electrons. The number of furan rings is 1. The maximum absolute atomic E-state index is 5.41. The van der Waals surface area contributed by atoms with Crippen molar-refractivity contribution in [3.63, 3.8) is 0 Å². The van der Waals surface area contributed by atoms with Crippen LogP contribution in [0.15, 0.2) is 16.5 Å². The fourth-order valence-electron chi connectivity index (χ4n) is 1.20. The minimum absolute atomic E-state index is 0.155. The van der Waals surface area contributed by atoms with E-state index in [0.29, 0.717) is 6.54 Å². The first-order chi connectivity index (χ1) is 6.76. The van der Waals surface area contributed by atoms with Crippen LogP contribution in [-0.4, -0.2) is 6.04 Å². The third kappa shape index (κ3) is 3.72. The predicted molar refractivity (Wildman–Crippen MR) is 65.8 cm³/mol. The number of nitrogens with one attached hydrogen (secondary N) is 1. The summed E-state index contributed by atoms with van der Waals surface area (Å²) in [5, 5.41) is 3.27. The highest BCUT2D eigenvalue weighted by molar-refractivity contribution is 14.1.